The molecule has 3 heteroatoms. The Labute approximate surface area is 86.9 Å². The van der Waals surface area contributed by atoms with Gasteiger partial charge in [0, 0.05) is 12.6 Å². The van der Waals surface area contributed by atoms with Crippen molar-refractivity contribution < 1.29 is 0 Å². The molecule has 1 saturated heterocycles. The molecule has 1 unspecified atom stereocenters. The predicted molar refractivity (Wildman–Crippen MR) is 57.9 cm³/mol. The maximum absolute atomic E-state index is 8.88. The van der Waals surface area contributed by atoms with E-state index in [1.54, 1.807) is 0 Å². The minimum absolute atomic E-state index is 0.236. The van der Waals surface area contributed by atoms with Gasteiger partial charge in [-0.2, -0.15) is 5.26 Å². The summed E-state index contributed by atoms with van der Waals surface area (Å²) >= 11 is 0. The first-order valence-electron chi connectivity index (χ1n) is 5.49. The highest BCUT2D eigenvalue weighted by Gasteiger charge is 2.19. The lowest BCUT2D eigenvalue weighted by atomic mass is 9.95. The highest BCUT2D eigenvalue weighted by Crippen LogP contribution is 2.13. The lowest BCUT2D eigenvalue weighted by molar-refractivity contribution is 0.381. The zero-order valence-corrected chi connectivity index (χ0v) is 9.27. The Balaban J connectivity index is 2.26. The molecule has 0 aliphatic carbocycles. The summed E-state index contributed by atoms with van der Waals surface area (Å²) in [7, 11) is 0. The molecule has 1 fully saturated rings. The molecule has 80 valence electrons. The van der Waals surface area contributed by atoms with Crippen LogP contribution in [0.1, 0.15) is 33.1 Å². The van der Waals surface area contributed by atoms with Gasteiger partial charge in [-0.25, -0.2) is 0 Å². The van der Waals surface area contributed by atoms with Crippen molar-refractivity contribution in [3.05, 3.63) is 0 Å². The molecular weight excluding hydrogens is 174 g/mol. The SMILES string of the molecule is CC(C)(C#N)CNC1CCCNCC1. The van der Waals surface area contributed by atoms with Crippen molar-refractivity contribution in [2.24, 2.45) is 5.41 Å². The van der Waals surface area contributed by atoms with Gasteiger partial charge in [-0.1, -0.05) is 0 Å². The average Bonchev–Trinajstić information content (AvgIpc) is 2.43. The predicted octanol–water partition coefficient (Wildman–Crippen LogP) is 1.27. The standard InChI is InChI=1S/C11H21N3/c1-11(2,8-12)9-14-10-4-3-6-13-7-5-10/h10,13-14H,3-7,9H2,1-2H3. The largest absolute Gasteiger partial charge is 0.317 e. The van der Waals surface area contributed by atoms with E-state index in [1.807, 2.05) is 13.8 Å². The Bertz CT molecular complexity index is 197. The summed E-state index contributed by atoms with van der Waals surface area (Å²) in [6, 6.07) is 2.91. The Hall–Kier alpha value is -0.590. The summed E-state index contributed by atoms with van der Waals surface area (Å²) in [4.78, 5) is 0. The van der Waals surface area contributed by atoms with Crippen LogP contribution in [0.25, 0.3) is 0 Å². The molecule has 0 amide bonds. The van der Waals surface area contributed by atoms with Crippen molar-refractivity contribution in [2.45, 2.75) is 39.2 Å². The van der Waals surface area contributed by atoms with E-state index in [-0.39, 0.29) is 5.41 Å². The molecule has 0 bridgehead atoms. The number of nitriles is 1. The summed E-state index contributed by atoms with van der Waals surface area (Å²) in [5, 5.41) is 15.8. The molecule has 1 aliphatic rings. The van der Waals surface area contributed by atoms with Crippen LogP contribution >= 0.6 is 0 Å². The van der Waals surface area contributed by atoms with Crippen LogP contribution < -0.4 is 10.6 Å². The van der Waals surface area contributed by atoms with Crippen molar-refractivity contribution in [1.82, 2.24) is 10.6 Å². The minimum atomic E-state index is -0.236. The van der Waals surface area contributed by atoms with Gasteiger partial charge in [0.15, 0.2) is 0 Å². The smallest absolute Gasteiger partial charge is 0.0697 e. The third-order valence-corrected chi connectivity index (χ3v) is 2.71. The van der Waals surface area contributed by atoms with E-state index >= 15 is 0 Å². The zero-order valence-electron chi connectivity index (χ0n) is 9.27. The van der Waals surface area contributed by atoms with E-state index < -0.39 is 0 Å². The molecule has 0 radical (unpaired) electrons. The monoisotopic (exact) mass is 195 g/mol. The quantitative estimate of drug-likeness (QED) is 0.713. The van der Waals surface area contributed by atoms with E-state index in [4.69, 9.17) is 5.26 Å². The third-order valence-electron chi connectivity index (χ3n) is 2.71. The molecule has 0 spiro atoms. The summed E-state index contributed by atoms with van der Waals surface area (Å²) in [6.07, 6.45) is 3.65. The second-order valence-corrected chi connectivity index (χ2v) is 4.75. The lowest BCUT2D eigenvalue weighted by Crippen LogP contribution is -2.36. The molecule has 0 aromatic carbocycles. The van der Waals surface area contributed by atoms with Crippen LogP contribution in [0.5, 0.6) is 0 Å². The number of rotatable bonds is 3. The summed E-state index contributed by atoms with van der Waals surface area (Å²) < 4.78 is 0. The first-order chi connectivity index (χ1) is 6.64. The second-order valence-electron chi connectivity index (χ2n) is 4.75. The molecule has 1 rings (SSSR count). The van der Waals surface area contributed by atoms with E-state index in [0.717, 1.165) is 19.6 Å². The van der Waals surface area contributed by atoms with E-state index in [2.05, 4.69) is 16.7 Å². The number of nitrogens with zero attached hydrogens (tertiary/aromatic N) is 1. The molecule has 3 nitrogen and oxygen atoms in total. The molecule has 1 atom stereocenters. The molecule has 1 aliphatic heterocycles. The lowest BCUT2D eigenvalue weighted by Gasteiger charge is -2.21. The van der Waals surface area contributed by atoms with Gasteiger partial charge in [0.05, 0.1) is 11.5 Å². The van der Waals surface area contributed by atoms with Gasteiger partial charge < -0.3 is 10.6 Å². The summed E-state index contributed by atoms with van der Waals surface area (Å²) in [5.41, 5.74) is -0.236. The first-order valence-corrected chi connectivity index (χ1v) is 5.49. The van der Waals surface area contributed by atoms with E-state index in [1.165, 1.54) is 19.3 Å². The van der Waals surface area contributed by atoms with Crippen LogP contribution in [0, 0.1) is 16.7 Å². The second kappa shape index (κ2) is 5.33. The fraction of sp³-hybridized carbons (Fsp3) is 0.909. The van der Waals surface area contributed by atoms with E-state index in [9.17, 15) is 0 Å². The molecule has 1 heterocycles. The van der Waals surface area contributed by atoms with Crippen molar-refractivity contribution in [3.8, 4) is 6.07 Å². The van der Waals surface area contributed by atoms with Crippen LogP contribution in [0.15, 0.2) is 0 Å². The van der Waals surface area contributed by atoms with Gasteiger partial charge in [-0.05, 0) is 46.2 Å². The normalized spacial score (nSPS) is 23.9. The number of hydrogen-bond donors (Lipinski definition) is 2. The van der Waals surface area contributed by atoms with Gasteiger partial charge in [-0.3, -0.25) is 0 Å². The Kier molecular flexibility index (Phi) is 4.37. The van der Waals surface area contributed by atoms with Crippen molar-refractivity contribution in [2.75, 3.05) is 19.6 Å². The van der Waals surface area contributed by atoms with Crippen LogP contribution in [0.4, 0.5) is 0 Å². The molecule has 0 aromatic rings. The molecule has 0 aromatic heterocycles. The van der Waals surface area contributed by atoms with E-state index in [0.29, 0.717) is 6.04 Å². The summed E-state index contributed by atoms with van der Waals surface area (Å²) in [5.74, 6) is 0. The molecule has 0 saturated carbocycles. The van der Waals surface area contributed by atoms with Gasteiger partial charge in [0.1, 0.15) is 0 Å². The Morgan fingerprint density at radius 2 is 2.21 bits per heavy atom. The highest BCUT2D eigenvalue weighted by atomic mass is 14.9. The van der Waals surface area contributed by atoms with Crippen molar-refractivity contribution in [1.29, 1.82) is 5.26 Å². The first kappa shape index (κ1) is 11.5. The van der Waals surface area contributed by atoms with Crippen LogP contribution in [0.2, 0.25) is 0 Å². The Morgan fingerprint density at radius 1 is 1.43 bits per heavy atom. The molecule has 14 heavy (non-hydrogen) atoms. The number of nitrogens with one attached hydrogen (secondary N) is 2. The van der Waals surface area contributed by atoms with Gasteiger partial charge in [0.2, 0.25) is 0 Å². The van der Waals surface area contributed by atoms with Crippen LogP contribution in [-0.2, 0) is 0 Å². The van der Waals surface area contributed by atoms with Gasteiger partial charge in [0.25, 0.3) is 0 Å². The van der Waals surface area contributed by atoms with Crippen molar-refractivity contribution in [3.63, 3.8) is 0 Å². The fourth-order valence-corrected chi connectivity index (χ4v) is 1.66. The Morgan fingerprint density at radius 3 is 2.93 bits per heavy atom. The van der Waals surface area contributed by atoms with Crippen LogP contribution in [0.3, 0.4) is 0 Å². The zero-order chi connectivity index (χ0) is 10.4. The minimum Gasteiger partial charge on any atom is -0.317 e. The van der Waals surface area contributed by atoms with Gasteiger partial charge in [-0.15, -0.1) is 0 Å². The fourth-order valence-electron chi connectivity index (χ4n) is 1.66. The summed E-state index contributed by atoms with van der Waals surface area (Å²) in [6.45, 7) is 7.00. The third kappa shape index (κ3) is 4.08. The average molecular weight is 195 g/mol. The number of hydrogen-bond acceptors (Lipinski definition) is 3. The maximum Gasteiger partial charge on any atom is 0.0697 e. The molecular formula is C11H21N3. The maximum atomic E-state index is 8.88. The highest BCUT2D eigenvalue weighted by molar-refractivity contribution is 4.94. The van der Waals surface area contributed by atoms with Crippen LogP contribution in [-0.4, -0.2) is 25.7 Å². The van der Waals surface area contributed by atoms with Crippen molar-refractivity contribution >= 4 is 0 Å². The molecule has 2 N–H and O–H groups in total. The van der Waals surface area contributed by atoms with Gasteiger partial charge >= 0.3 is 0 Å². The topological polar surface area (TPSA) is 47.9 Å².